The molecule has 0 bridgehead atoms. The largest absolute Gasteiger partial charge is 0.465 e. The number of carbonyl (C=O) groups excluding carboxylic acids is 1. The SMILES string of the molecule is CCC(C)CC1(C(=O)OC)OO1. The molecular weight excluding hydrogens is 160 g/mol. The van der Waals surface area contributed by atoms with Gasteiger partial charge in [-0.05, 0) is 5.92 Å². The van der Waals surface area contributed by atoms with Crippen molar-refractivity contribution >= 4 is 5.97 Å². The van der Waals surface area contributed by atoms with Gasteiger partial charge in [0, 0.05) is 6.42 Å². The number of rotatable bonds is 4. The number of hydrogen-bond acceptors (Lipinski definition) is 4. The summed E-state index contributed by atoms with van der Waals surface area (Å²) in [6, 6.07) is 0. The van der Waals surface area contributed by atoms with Crippen LogP contribution in [0.3, 0.4) is 0 Å². The summed E-state index contributed by atoms with van der Waals surface area (Å²) in [4.78, 5) is 20.4. The summed E-state index contributed by atoms with van der Waals surface area (Å²) in [6.07, 6.45) is 1.56. The van der Waals surface area contributed by atoms with Crippen molar-refractivity contribution in [1.82, 2.24) is 0 Å². The lowest BCUT2D eigenvalue weighted by Crippen LogP contribution is -2.27. The molecule has 0 aromatic heterocycles. The van der Waals surface area contributed by atoms with E-state index in [1.807, 2.05) is 6.92 Å². The van der Waals surface area contributed by atoms with E-state index in [0.29, 0.717) is 12.3 Å². The smallest absolute Gasteiger partial charge is 0.372 e. The van der Waals surface area contributed by atoms with Crippen LogP contribution in [0.15, 0.2) is 0 Å². The Morgan fingerprint density at radius 1 is 1.58 bits per heavy atom. The highest BCUT2D eigenvalue weighted by Gasteiger charge is 2.58. The third kappa shape index (κ3) is 1.76. The first-order valence-corrected chi connectivity index (χ1v) is 4.10. The van der Waals surface area contributed by atoms with Gasteiger partial charge in [-0.15, -0.1) is 0 Å². The van der Waals surface area contributed by atoms with E-state index in [1.165, 1.54) is 7.11 Å². The average Bonchev–Trinajstić information content (AvgIpc) is 2.84. The maximum atomic E-state index is 11.1. The van der Waals surface area contributed by atoms with E-state index in [1.54, 1.807) is 0 Å². The summed E-state index contributed by atoms with van der Waals surface area (Å²) in [5.41, 5.74) is 0. The Morgan fingerprint density at radius 3 is 2.50 bits per heavy atom. The predicted octanol–water partition coefficient (Wildman–Crippen LogP) is 1.25. The molecule has 4 heteroatoms. The Bertz CT molecular complexity index is 174. The Kier molecular flexibility index (Phi) is 2.69. The topological polar surface area (TPSA) is 51.4 Å². The Hall–Kier alpha value is -0.610. The summed E-state index contributed by atoms with van der Waals surface area (Å²) >= 11 is 0. The predicted molar refractivity (Wildman–Crippen MR) is 41.0 cm³/mol. The van der Waals surface area contributed by atoms with E-state index in [4.69, 9.17) is 0 Å². The van der Waals surface area contributed by atoms with Crippen LogP contribution in [-0.4, -0.2) is 18.9 Å². The Balaban J connectivity index is 2.44. The maximum Gasteiger partial charge on any atom is 0.372 e. The number of methoxy groups -OCH3 is 1. The molecule has 70 valence electrons. The quantitative estimate of drug-likeness (QED) is 0.365. The summed E-state index contributed by atoms with van der Waals surface area (Å²) in [5, 5.41) is 0. The molecule has 0 amide bonds. The monoisotopic (exact) mass is 174 g/mol. The van der Waals surface area contributed by atoms with Crippen molar-refractivity contribution in [1.29, 1.82) is 0 Å². The minimum Gasteiger partial charge on any atom is -0.465 e. The van der Waals surface area contributed by atoms with Crippen LogP contribution in [0.5, 0.6) is 0 Å². The fraction of sp³-hybridized carbons (Fsp3) is 0.875. The highest BCUT2D eigenvalue weighted by molar-refractivity contribution is 5.79. The van der Waals surface area contributed by atoms with Gasteiger partial charge in [-0.25, -0.2) is 4.79 Å². The van der Waals surface area contributed by atoms with Crippen LogP contribution in [0.25, 0.3) is 0 Å². The zero-order chi connectivity index (χ0) is 9.19. The van der Waals surface area contributed by atoms with Crippen molar-refractivity contribution in [2.75, 3.05) is 7.11 Å². The molecule has 0 saturated carbocycles. The van der Waals surface area contributed by atoms with Gasteiger partial charge in [0.2, 0.25) is 0 Å². The minimum atomic E-state index is -1.08. The van der Waals surface area contributed by atoms with Crippen molar-refractivity contribution in [3.05, 3.63) is 0 Å². The number of hydrogen-bond donors (Lipinski definition) is 0. The number of esters is 1. The third-order valence-corrected chi connectivity index (χ3v) is 2.10. The van der Waals surface area contributed by atoms with E-state index in [9.17, 15) is 4.79 Å². The molecule has 0 aliphatic carbocycles. The normalized spacial score (nSPS) is 21.6. The van der Waals surface area contributed by atoms with E-state index >= 15 is 0 Å². The maximum absolute atomic E-state index is 11.1. The van der Waals surface area contributed by atoms with E-state index in [-0.39, 0.29) is 0 Å². The van der Waals surface area contributed by atoms with Gasteiger partial charge in [-0.1, -0.05) is 20.3 Å². The minimum absolute atomic E-state index is 0.395. The molecule has 1 aliphatic heterocycles. The van der Waals surface area contributed by atoms with E-state index in [0.717, 1.165) is 6.42 Å². The lowest BCUT2D eigenvalue weighted by atomic mass is 9.99. The van der Waals surface area contributed by atoms with E-state index in [2.05, 4.69) is 21.4 Å². The van der Waals surface area contributed by atoms with Gasteiger partial charge in [0.1, 0.15) is 0 Å². The summed E-state index contributed by atoms with van der Waals surface area (Å²) in [5.74, 6) is -1.13. The van der Waals surface area contributed by atoms with Crippen LogP contribution >= 0.6 is 0 Å². The lowest BCUT2D eigenvalue weighted by molar-refractivity contribution is -0.148. The van der Waals surface area contributed by atoms with Gasteiger partial charge < -0.3 is 4.74 Å². The van der Waals surface area contributed by atoms with Gasteiger partial charge in [0.15, 0.2) is 0 Å². The fourth-order valence-corrected chi connectivity index (χ4v) is 1.03. The van der Waals surface area contributed by atoms with Crippen molar-refractivity contribution in [3.63, 3.8) is 0 Å². The molecule has 1 rings (SSSR count). The molecule has 4 nitrogen and oxygen atoms in total. The Morgan fingerprint density at radius 2 is 2.17 bits per heavy atom. The molecule has 0 N–H and O–H groups in total. The van der Waals surface area contributed by atoms with Gasteiger partial charge >= 0.3 is 11.8 Å². The van der Waals surface area contributed by atoms with Gasteiger partial charge in [-0.2, -0.15) is 9.78 Å². The average molecular weight is 174 g/mol. The van der Waals surface area contributed by atoms with Gasteiger partial charge in [-0.3, -0.25) is 0 Å². The zero-order valence-electron chi connectivity index (χ0n) is 7.62. The molecular formula is C8H14O4. The molecule has 1 atom stereocenters. The third-order valence-electron chi connectivity index (χ3n) is 2.10. The molecule has 0 aromatic carbocycles. The summed E-state index contributed by atoms with van der Waals surface area (Å²) in [6.45, 7) is 4.09. The first-order valence-electron chi connectivity index (χ1n) is 4.10. The van der Waals surface area contributed by atoms with Crippen LogP contribution in [-0.2, 0) is 19.3 Å². The second-order valence-electron chi connectivity index (χ2n) is 3.13. The molecule has 1 heterocycles. The van der Waals surface area contributed by atoms with Crippen LogP contribution in [0.2, 0.25) is 0 Å². The highest BCUT2D eigenvalue weighted by atomic mass is 17.4. The van der Waals surface area contributed by atoms with Gasteiger partial charge in [0.25, 0.3) is 0 Å². The van der Waals surface area contributed by atoms with Crippen LogP contribution < -0.4 is 0 Å². The second-order valence-corrected chi connectivity index (χ2v) is 3.13. The fourth-order valence-electron chi connectivity index (χ4n) is 1.03. The Labute approximate surface area is 71.7 Å². The van der Waals surface area contributed by atoms with E-state index < -0.39 is 11.8 Å². The molecule has 12 heavy (non-hydrogen) atoms. The molecule has 0 spiro atoms. The molecule has 1 fully saturated rings. The first kappa shape index (κ1) is 9.48. The number of carbonyl (C=O) groups is 1. The standard InChI is InChI=1S/C8H14O4/c1-4-6(2)5-8(11-12-8)7(9)10-3/h6H,4-5H2,1-3H3. The zero-order valence-corrected chi connectivity index (χ0v) is 7.62. The van der Waals surface area contributed by atoms with Crippen LogP contribution in [0.1, 0.15) is 26.7 Å². The van der Waals surface area contributed by atoms with Gasteiger partial charge in [0.05, 0.1) is 7.11 Å². The van der Waals surface area contributed by atoms with Crippen LogP contribution in [0.4, 0.5) is 0 Å². The van der Waals surface area contributed by atoms with Crippen molar-refractivity contribution in [2.45, 2.75) is 32.5 Å². The lowest BCUT2D eigenvalue weighted by Gasteiger charge is -2.09. The highest BCUT2D eigenvalue weighted by Crippen LogP contribution is 2.37. The van der Waals surface area contributed by atoms with Crippen LogP contribution in [0, 0.1) is 5.92 Å². The molecule has 0 radical (unpaired) electrons. The molecule has 1 aliphatic rings. The summed E-state index contributed by atoms with van der Waals surface area (Å²) in [7, 11) is 1.33. The van der Waals surface area contributed by atoms with Crippen molar-refractivity contribution < 1.29 is 19.3 Å². The molecule has 1 unspecified atom stereocenters. The second kappa shape index (κ2) is 3.41. The van der Waals surface area contributed by atoms with Crippen molar-refractivity contribution in [3.8, 4) is 0 Å². The van der Waals surface area contributed by atoms with Crippen molar-refractivity contribution in [2.24, 2.45) is 5.92 Å². The molecule has 0 aromatic rings. The summed E-state index contributed by atoms with van der Waals surface area (Å²) < 4.78 is 4.53. The first-order chi connectivity index (χ1) is 5.64. The molecule has 1 saturated heterocycles. The number of ether oxygens (including phenoxy) is 1.